The molecule has 0 amide bonds. The second-order valence-corrected chi connectivity index (χ2v) is 8.30. The first-order valence-electron chi connectivity index (χ1n) is 9.16. The number of rotatable bonds is 6. The van der Waals surface area contributed by atoms with Crippen LogP contribution in [0.2, 0.25) is 0 Å². The third-order valence-electron chi connectivity index (χ3n) is 4.62. The van der Waals surface area contributed by atoms with E-state index in [4.69, 9.17) is 4.74 Å². The fourth-order valence-electron chi connectivity index (χ4n) is 3.32. The Hall–Kier alpha value is -1.15. The third-order valence-corrected chi connectivity index (χ3v) is 4.62. The van der Waals surface area contributed by atoms with Crippen molar-refractivity contribution in [3.63, 3.8) is 0 Å². The van der Waals surface area contributed by atoms with Gasteiger partial charge in [0.25, 0.3) is 0 Å². The van der Waals surface area contributed by atoms with Crippen LogP contribution in [0.5, 0.6) is 5.75 Å². The molecule has 2 heterocycles. The minimum absolute atomic E-state index is 0.756. The predicted octanol–water partition coefficient (Wildman–Crippen LogP) is 5.11. The lowest BCUT2D eigenvalue weighted by Crippen LogP contribution is -2.35. The summed E-state index contributed by atoms with van der Waals surface area (Å²) in [6, 6.07) is 11.7. The highest BCUT2D eigenvalue weighted by Crippen LogP contribution is 2.21. The van der Waals surface area contributed by atoms with Gasteiger partial charge in [0.1, 0.15) is 38.3 Å². The summed E-state index contributed by atoms with van der Waals surface area (Å²) in [4.78, 5) is 2.55. The van der Waals surface area contributed by atoms with Crippen molar-refractivity contribution in [2.24, 2.45) is 5.92 Å². The molecule has 0 N–H and O–H groups in total. The van der Waals surface area contributed by atoms with Crippen molar-refractivity contribution in [2.45, 2.75) is 26.2 Å². The van der Waals surface area contributed by atoms with Crippen molar-refractivity contribution in [3.8, 4) is 16.9 Å². The monoisotopic (exact) mass is 500 g/mol. The van der Waals surface area contributed by atoms with E-state index in [1.54, 1.807) is 0 Å². The summed E-state index contributed by atoms with van der Waals surface area (Å²) in [7, 11) is 0. The molecule has 1 atom stereocenters. The Bertz CT molecular complexity index is 653. The number of benzene rings is 1. The summed E-state index contributed by atoms with van der Waals surface area (Å²) in [6.07, 6.45) is 6.80. The standard InChI is InChI=1S/C20H26N2O2.Br2O/c1-17-4-2-11-21(16-17)12-3-15-24-20-7-5-18(6-8-20)19-9-13-22(23)14-10-19;1-3-2/h5-10,13-14,17H,2-4,11-12,15-16H2,1H3;/t17-;/m0./s1. The summed E-state index contributed by atoms with van der Waals surface area (Å²) in [5.74, 6) is 1.74. The fraction of sp³-hybridized carbons (Fsp3) is 0.450. The minimum atomic E-state index is 0.756. The molecular weight excluding hydrogens is 476 g/mol. The van der Waals surface area contributed by atoms with Crippen molar-refractivity contribution >= 4 is 32.5 Å². The van der Waals surface area contributed by atoms with Crippen molar-refractivity contribution < 1.29 is 12.4 Å². The lowest BCUT2D eigenvalue weighted by molar-refractivity contribution is -0.605. The summed E-state index contributed by atoms with van der Waals surface area (Å²) in [5, 5.41) is 11.1. The topological polar surface area (TPSA) is 48.6 Å². The molecule has 0 aliphatic carbocycles. The zero-order chi connectivity index (χ0) is 19.5. The first kappa shape index (κ1) is 22.1. The van der Waals surface area contributed by atoms with Gasteiger partial charge in [0, 0.05) is 25.2 Å². The van der Waals surface area contributed by atoms with Crippen LogP contribution >= 0.6 is 32.5 Å². The zero-order valence-electron chi connectivity index (χ0n) is 15.5. The van der Waals surface area contributed by atoms with Crippen molar-refractivity contribution in [2.75, 3.05) is 26.2 Å². The van der Waals surface area contributed by atoms with Crippen LogP contribution in [-0.2, 0) is 2.92 Å². The van der Waals surface area contributed by atoms with E-state index in [2.05, 4.69) is 47.3 Å². The van der Waals surface area contributed by atoms with E-state index in [1.807, 2.05) is 36.4 Å². The van der Waals surface area contributed by atoms with Crippen LogP contribution in [0.4, 0.5) is 0 Å². The molecule has 0 saturated carbocycles. The van der Waals surface area contributed by atoms with Gasteiger partial charge in [-0.05, 0) is 55.0 Å². The Morgan fingerprint density at radius 3 is 2.37 bits per heavy atom. The average molecular weight is 502 g/mol. The van der Waals surface area contributed by atoms with Crippen LogP contribution in [-0.4, -0.2) is 31.1 Å². The Morgan fingerprint density at radius 1 is 1.11 bits per heavy atom. The second kappa shape index (κ2) is 12.3. The summed E-state index contributed by atoms with van der Waals surface area (Å²) in [5.41, 5.74) is 2.12. The summed E-state index contributed by atoms with van der Waals surface area (Å²) >= 11 is 5.12. The SMILES string of the molecule is BrOBr.C[C@H]1CCCN(CCCOc2ccc(-c3cc[n+]([O-])cc3)cc2)C1. The number of halogens is 2. The first-order chi connectivity index (χ1) is 13.1. The molecule has 27 heavy (non-hydrogen) atoms. The molecule has 1 saturated heterocycles. The molecule has 1 aliphatic rings. The molecule has 1 fully saturated rings. The van der Waals surface area contributed by atoms with E-state index in [0.717, 1.165) is 47.1 Å². The first-order valence-corrected chi connectivity index (χ1v) is 10.5. The van der Waals surface area contributed by atoms with Crippen molar-refractivity contribution in [1.29, 1.82) is 0 Å². The number of hydrogen-bond acceptors (Lipinski definition) is 4. The number of aromatic nitrogens is 1. The Balaban J connectivity index is 0.000000817. The predicted molar refractivity (Wildman–Crippen MR) is 115 cm³/mol. The van der Waals surface area contributed by atoms with E-state index < -0.39 is 0 Å². The van der Waals surface area contributed by atoms with E-state index in [-0.39, 0.29) is 0 Å². The van der Waals surface area contributed by atoms with Crippen molar-refractivity contribution in [3.05, 3.63) is 54.0 Å². The van der Waals surface area contributed by atoms with E-state index in [9.17, 15) is 5.21 Å². The second-order valence-electron chi connectivity index (χ2n) is 6.78. The van der Waals surface area contributed by atoms with Gasteiger partial charge in [0.15, 0.2) is 12.4 Å². The van der Waals surface area contributed by atoms with Gasteiger partial charge in [0.2, 0.25) is 0 Å². The maximum atomic E-state index is 11.1. The largest absolute Gasteiger partial charge is 0.619 e. The van der Waals surface area contributed by atoms with Crippen LogP contribution in [0, 0.1) is 11.1 Å². The van der Waals surface area contributed by atoms with Crippen LogP contribution in [0.3, 0.4) is 0 Å². The maximum absolute atomic E-state index is 11.1. The van der Waals surface area contributed by atoms with Crippen LogP contribution in [0.1, 0.15) is 26.2 Å². The van der Waals surface area contributed by atoms with Crippen LogP contribution < -0.4 is 9.47 Å². The molecule has 0 bridgehead atoms. The Labute approximate surface area is 178 Å². The van der Waals surface area contributed by atoms with Gasteiger partial charge >= 0.3 is 0 Å². The molecule has 5 nitrogen and oxygen atoms in total. The molecule has 0 unspecified atom stereocenters. The highest BCUT2D eigenvalue weighted by Gasteiger charge is 2.15. The molecule has 1 aliphatic heterocycles. The minimum Gasteiger partial charge on any atom is -0.619 e. The van der Waals surface area contributed by atoms with Crippen molar-refractivity contribution in [1.82, 2.24) is 4.90 Å². The lowest BCUT2D eigenvalue weighted by atomic mass is 10.0. The average Bonchev–Trinajstić information content (AvgIpc) is 2.67. The number of pyridine rings is 1. The smallest absolute Gasteiger partial charge is 0.180 e. The Morgan fingerprint density at radius 2 is 1.74 bits per heavy atom. The molecular formula is C20H26Br2N2O3. The summed E-state index contributed by atoms with van der Waals surface area (Å²) in [6.45, 7) is 6.69. The third kappa shape index (κ3) is 8.17. The van der Waals surface area contributed by atoms with Gasteiger partial charge in [-0.1, -0.05) is 19.1 Å². The van der Waals surface area contributed by atoms with Gasteiger partial charge in [-0.3, -0.25) is 0 Å². The molecule has 0 spiro atoms. The molecule has 2 aromatic rings. The number of ether oxygens (including phenoxy) is 1. The number of likely N-dealkylation sites (tertiary alicyclic amines) is 1. The molecule has 3 rings (SSSR count). The van der Waals surface area contributed by atoms with E-state index in [1.165, 1.54) is 38.3 Å². The van der Waals surface area contributed by atoms with E-state index >= 15 is 0 Å². The maximum Gasteiger partial charge on any atom is 0.180 e. The number of hydrogen-bond donors (Lipinski definition) is 0. The van der Waals surface area contributed by atoms with Gasteiger partial charge in [-0.2, -0.15) is 4.73 Å². The van der Waals surface area contributed by atoms with E-state index in [0.29, 0.717) is 0 Å². The van der Waals surface area contributed by atoms with Gasteiger partial charge in [0.05, 0.1) is 6.61 Å². The molecule has 0 radical (unpaired) electrons. The molecule has 1 aromatic heterocycles. The molecule has 1 aromatic carbocycles. The van der Waals surface area contributed by atoms with Gasteiger partial charge in [-0.15, -0.1) is 0 Å². The number of nitrogens with zero attached hydrogens (tertiary/aromatic N) is 2. The fourth-order valence-corrected chi connectivity index (χ4v) is 3.32. The summed E-state index contributed by atoms with van der Waals surface area (Å²) < 4.78 is 10.5. The van der Waals surface area contributed by atoms with Crippen LogP contribution in [0.25, 0.3) is 11.1 Å². The Kier molecular flexibility index (Phi) is 10.1. The zero-order valence-corrected chi connectivity index (χ0v) is 18.7. The number of piperidine rings is 1. The van der Waals surface area contributed by atoms with Gasteiger partial charge in [-0.25, -0.2) is 2.92 Å². The molecule has 7 heteroatoms. The lowest BCUT2D eigenvalue weighted by Gasteiger charge is -2.30. The highest BCUT2D eigenvalue weighted by molar-refractivity contribution is 9.18. The highest BCUT2D eigenvalue weighted by atomic mass is 79.9. The molecule has 148 valence electrons. The quantitative estimate of drug-likeness (QED) is 0.313. The normalized spacial score (nSPS) is 17.1. The van der Waals surface area contributed by atoms with Gasteiger partial charge < -0.3 is 14.8 Å². The van der Waals surface area contributed by atoms with Crippen LogP contribution in [0.15, 0.2) is 48.8 Å².